The van der Waals surface area contributed by atoms with Crippen molar-refractivity contribution < 1.29 is 9.59 Å². The molecule has 6 heteroatoms. The SMILES string of the molecule is Cc1cc(C)c(NC(=O)CN(C)C(C)C(=O)N2CCN(Cc3ccccc3)CC2)c(C)c1. The molecule has 1 atom stereocenters. The Labute approximate surface area is 192 Å². The Bertz CT molecular complexity index is 913. The lowest BCUT2D eigenvalue weighted by molar-refractivity contribution is -0.138. The van der Waals surface area contributed by atoms with Gasteiger partial charge in [0.25, 0.3) is 0 Å². The maximum atomic E-state index is 13.0. The van der Waals surface area contributed by atoms with E-state index in [4.69, 9.17) is 0 Å². The van der Waals surface area contributed by atoms with Gasteiger partial charge in [-0.05, 0) is 51.4 Å². The predicted octanol–water partition coefficient (Wildman–Crippen LogP) is 3.22. The first-order valence-corrected chi connectivity index (χ1v) is 11.4. The minimum atomic E-state index is -0.346. The molecule has 1 aliphatic heterocycles. The molecule has 2 aromatic rings. The van der Waals surface area contributed by atoms with Gasteiger partial charge in [0.05, 0.1) is 12.6 Å². The molecule has 1 unspecified atom stereocenters. The topological polar surface area (TPSA) is 55.9 Å². The second-order valence-electron chi connectivity index (χ2n) is 9.00. The van der Waals surface area contributed by atoms with Crippen molar-refractivity contribution in [2.24, 2.45) is 0 Å². The number of aryl methyl sites for hydroxylation is 3. The van der Waals surface area contributed by atoms with E-state index in [9.17, 15) is 9.59 Å². The average Bonchev–Trinajstić information content (AvgIpc) is 2.76. The highest BCUT2D eigenvalue weighted by Crippen LogP contribution is 2.22. The molecule has 1 aliphatic rings. The summed E-state index contributed by atoms with van der Waals surface area (Å²) in [6.45, 7) is 12.2. The molecular weight excluding hydrogens is 400 g/mol. The molecule has 0 saturated carbocycles. The van der Waals surface area contributed by atoms with Crippen LogP contribution >= 0.6 is 0 Å². The first-order valence-electron chi connectivity index (χ1n) is 11.4. The van der Waals surface area contributed by atoms with Crippen molar-refractivity contribution in [1.82, 2.24) is 14.7 Å². The number of nitrogens with zero attached hydrogens (tertiary/aromatic N) is 3. The Morgan fingerprint density at radius 1 is 1.00 bits per heavy atom. The van der Waals surface area contributed by atoms with Crippen LogP contribution in [0.15, 0.2) is 42.5 Å². The van der Waals surface area contributed by atoms with Crippen LogP contribution < -0.4 is 5.32 Å². The van der Waals surface area contributed by atoms with E-state index in [1.54, 1.807) is 0 Å². The van der Waals surface area contributed by atoms with Crippen LogP contribution in [0.25, 0.3) is 0 Å². The lowest BCUT2D eigenvalue weighted by Gasteiger charge is -2.37. The van der Waals surface area contributed by atoms with Crippen LogP contribution in [0.5, 0.6) is 0 Å². The van der Waals surface area contributed by atoms with Crippen molar-refractivity contribution in [3.63, 3.8) is 0 Å². The zero-order chi connectivity index (χ0) is 23.3. The van der Waals surface area contributed by atoms with Gasteiger partial charge in [0, 0.05) is 38.4 Å². The average molecular weight is 437 g/mol. The van der Waals surface area contributed by atoms with Gasteiger partial charge in [-0.1, -0.05) is 48.0 Å². The Balaban J connectivity index is 1.48. The van der Waals surface area contributed by atoms with Crippen molar-refractivity contribution in [1.29, 1.82) is 0 Å². The smallest absolute Gasteiger partial charge is 0.239 e. The molecule has 0 aromatic heterocycles. The molecule has 32 heavy (non-hydrogen) atoms. The molecular formula is C26H36N4O2. The van der Waals surface area contributed by atoms with Crippen molar-refractivity contribution in [3.8, 4) is 0 Å². The predicted molar refractivity (Wildman–Crippen MR) is 130 cm³/mol. The number of nitrogens with one attached hydrogen (secondary N) is 1. The number of likely N-dealkylation sites (N-methyl/N-ethyl adjacent to an activating group) is 1. The van der Waals surface area contributed by atoms with Gasteiger partial charge >= 0.3 is 0 Å². The molecule has 3 rings (SSSR count). The van der Waals surface area contributed by atoms with E-state index in [2.05, 4.69) is 46.6 Å². The molecule has 172 valence electrons. The third kappa shape index (κ3) is 6.17. The summed E-state index contributed by atoms with van der Waals surface area (Å²) in [6, 6.07) is 14.2. The molecule has 0 aliphatic carbocycles. The summed E-state index contributed by atoms with van der Waals surface area (Å²) in [5.74, 6) is -0.0164. The minimum absolute atomic E-state index is 0.0855. The van der Waals surface area contributed by atoms with Crippen LogP contribution in [0.1, 0.15) is 29.2 Å². The Kier molecular flexibility index (Phi) is 8.04. The van der Waals surface area contributed by atoms with Crippen LogP contribution in [-0.2, 0) is 16.1 Å². The maximum Gasteiger partial charge on any atom is 0.239 e. The number of piperazine rings is 1. The highest BCUT2D eigenvalue weighted by atomic mass is 16.2. The maximum absolute atomic E-state index is 13.0. The molecule has 2 amide bonds. The van der Waals surface area contributed by atoms with Crippen molar-refractivity contribution >= 4 is 17.5 Å². The van der Waals surface area contributed by atoms with Crippen molar-refractivity contribution in [2.75, 3.05) is 45.1 Å². The molecule has 1 fully saturated rings. The zero-order valence-corrected chi connectivity index (χ0v) is 20.0. The number of carbonyl (C=O) groups is 2. The summed E-state index contributed by atoms with van der Waals surface area (Å²) in [7, 11) is 1.84. The molecule has 1 saturated heterocycles. The summed E-state index contributed by atoms with van der Waals surface area (Å²) < 4.78 is 0. The van der Waals surface area contributed by atoms with Crippen LogP contribution in [0.3, 0.4) is 0 Å². The van der Waals surface area contributed by atoms with Gasteiger partial charge in [-0.15, -0.1) is 0 Å². The monoisotopic (exact) mass is 436 g/mol. The van der Waals surface area contributed by atoms with Gasteiger partial charge in [0.2, 0.25) is 11.8 Å². The molecule has 1 N–H and O–H groups in total. The van der Waals surface area contributed by atoms with Gasteiger partial charge in [-0.2, -0.15) is 0 Å². The number of rotatable bonds is 7. The quantitative estimate of drug-likeness (QED) is 0.724. The van der Waals surface area contributed by atoms with Gasteiger partial charge in [-0.3, -0.25) is 19.4 Å². The molecule has 2 aromatic carbocycles. The van der Waals surface area contributed by atoms with Gasteiger partial charge in [0.15, 0.2) is 0 Å². The lowest BCUT2D eigenvalue weighted by atomic mass is 10.1. The molecule has 0 bridgehead atoms. The van der Waals surface area contributed by atoms with E-state index in [1.807, 2.05) is 50.6 Å². The Morgan fingerprint density at radius 3 is 2.19 bits per heavy atom. The van der Waals surface area contributed by atoms with Crippen LogP contribution in [0.2, 0.25) is 0 Å². The van der Waals surface area contributed by atoms with E-state index >= 15 is 0 Å². The lowest BCUT2D eigenvalue weighted by Crippen LogP contribution is -2.54. The summed E-state index contributed by atoms with van der Waals surface area (Å²) in [6.07, 6.45) is 0. The van der Waals surface area contributed by atoms with Crippen molar-refractivity contribution in [3.05, 3.63) is 64.7 Å². The first-order chi connectivity index (χ1) is 15.2. The molecule has 1 heterocycles. The number of hydrogen-bond donors (Lipinski definition) is 1. The largest absolute Gasteiger partial charge is 0.339 e. The Hall–Kier alpha value is -2.70. The van der Waals surface area contributed by atoms with Crippen LogP contribution in [0, 0.1) is 20.8 Å². The normalized spacial score (nSPS) is 15.6. The first kappa shape index (κ1) is 24.0. The highest BCUT2D eigenvalue weighted by molar-refractivity contribution is 5.94. The summed E-state index contributed by atoms with van der Waals surface area (Å²) in [5, 5.41) is 3.03. The summed E-state index contributed by atoms with van der Waals surface area (Å²) in [4.78, 5) is 31.8. The van der Waals surface area contributed by atoms with Gasteiger partial charge in [-0.25, -0.2) is 0 Å². The van der Waals surface area contributed by atoms with Crippen LogP contribution in [-0.4, -0.2) is 72.3 Å². The zero-order valence-electron chi connectivity index (χ0n) is 20.0. The van der Waals surface area contributed by atoms with Crippen LogP contribution in [0.4, 0.5) is 5.69 Å². The molecule has 0 spiro atoms. The fourth-order valence-corrected chi connectivity index (χ4v) is 4.34. The Morgan fingerprint density at radius 2 is 1.59 bits per heavy atom. The fraction of sp³-hybridized carbons (Fsp3) is 0.462. The van der Waals surface area contributed by atoms with Gasteiger partial charge in [0.1, 0.15) is 0 Å². The summed E-state index contributed by atoms with van der Waals surface area (Å²) >= 11 is 0. The molecule has 0 radical (unpaired) electrons. The van der Waals surface area contributed by atoms with E-state index < -0.39 is 0 Å². The van der Waals surface area contributed by atoms with E-state index in [1.165, 1.54) is 11.1 Å². The van der Waals surface area contributed by atoms with E-state index in [0.717, 1.165) is 49.5 Å². The number of amides is 2. The standard InChI is InChI=1S/C26H36N4O2/c1-19-15-20(2)25(21(3)16-19)27-24(31)18-28(5)22(4)26(32)30-13-11-29(12-14-30)17-23-9-7-6-8-10-23/h6-10,15-16,22H,11-14,17-18H2,1-5H3,(H,27,31). The van der Waals surface area contributed by atoms with E-state index in [-0.39, 0.29) is 24.4 Å². The molecule has 6 nitrogen and oxygen atoms in total. The minimum Gasteiger partial charge on any atom is -0.339 e. The number of benzene rings is 2. The number of carbonyl (C=O) groups excluding carboxylic acids is 2. The fourth-order valence-electron chi connectivity index (χ4n) is 4.34. The van der Waals surface area contributed by atoms with Crippen molar-refractivity contribution in [2.45, 2.75) is 40.3 Å². The summed E-state index contributed by atoms with van der Waals surface area (Å²) in [5.41, 5.74) is 5.44. The second kappa shape index (κ2) is 10.7. The van der Waals surface area contributed by atoms with Gasteiger partial charge < -0.3 is 10.2 Å². The third-order valence-electron chi connectivity index (χ3n) is 6.29. The number of hydrogen-bond acceptors (Lipinski definition) is 4. The highest BCUT2D eigenvalue weighted by Gasteiger charge is 2.28. The second-order valence-corrected chi connectivity index (χ2v) is 9.00. The van der Waals surface area contributed by atoms with E-state index in [0.29, 0.717) is 0 Å². The number of anilines is 1. The third-order valence-corrected chi connectivity index (χ3v) is 6.29.